The summed E-state index contributed by atoms with van der Waals surface area (Å²) in [5.74, 6) is -1.21. The number of carboxylic acids is 1. The van der Waals surface area contributed by atoms with Gasteiger partial charge in [-0.05, 0) is 0 Å². The lowest BCUT2D eigenvalue weighted by Crippen LogP contribution is -2.39. The lowest BCUT2D eigenvalue weighted by atomic mass is 10.1. The molecular weight excluding hydrogens is 280 g/mol. The van der Waals surface area contributed by atoms with E-state index in [0.717, 1.165) is 0 Å². The molecule has 0 unspecified atom stereocenters. The highest BCUT2D eigenvalue weighted by Crippen LogP contribution is 2.30. The lowest BCUT2D eigenvalue weighted by molar-refractivity contribution is -0.769. The van der Waals surface area contributed by atoms with Crippen LogP contribution in [0.1, 0.15) is 0 Å². The topological polar surface area (TPSA) is 146 Å². The molecule has 0 bridgehead atoms. The molecule has 11 heteroatoms. The summed E-state index contributed by atoms with van der Waals surface area (Å²) >= 11 is 0. The van der Waals surface area contributed by atoms with Crippen LogP contribution in [0, 0.1) is 10.1 Å². The number of ether oxygens (including phenoxy) is 3. The summed E-state index contributed by atoms with van der Waals surface area (Å²) in [6.45, 7) is -0.630. The van der Waals surface area contributed by atoms with Gasteiger partial charge in [-0.1, -0.05) is 0 Å². The number of nitrogens with zero attached hydrogens (tertiary/aromatic N) is 1. The summed E-state index contributed by atoms with van der Waals surface area (Å²) in [5, 5.41) is 19.7. The molecule has 1 amide bonds. The molecular formula is C9H12N2O9. The molecule has 0 aromatic carbocycles. The second-order valence-electron chi connectivity index (χ2n) is 4.15. The van der Waals surface area contributed by atoms with Gasteiger partial charge in [-0.15, -0.1) is 10.1 Å². The molecule has 2 heterocycles. The molecule has 11 nitrogen and oxygen atoms in total. The highest BCUT2D eigenvalue weighted by Gasteiger charge is 2.51. The minimum absolute atomic E-state index is 0.00655. The minimum atomic E-state index is -1.21. The number of hydrogen-bond acceptors (Lipinski definition) is 8. The number of amides is 1. The van der Waals surface area contributed by atoms with Gasteiger partial charge < -0.3 is 29.5 Å². The summed E-state index contributed by atoms with van der Waals surface area (Å²) in [4.78, 5) is 36.2. The number of hydrogen-bond donors (Lipinski definition) is 2. The Hall–Kier alpha value is -2.14. The number of nitrogens with one attached hydrogen (secondary N) is 1. The van der Waals surface area contributed by atoms with Crippen molar-refractivity contribution in [2.45, 2.75) is 24.4 Å². The second-order valence-corrected chi connectivity index (χ2v) is 4.15. The molecule has 4 atom stereocenters. The van der Waals surface area contributed by atoms with Crippen molar-refractivity contribution in [3.63, 3.8) is 0 Å². The zero-order valence-electron chi connectivity index (χ0n) is 10.1. The van der Waals surface area contributed by atoms with Crippen LogP contribution in [-0.4, -0.2) is 66.4 Å². The molecule has 2 rings (SSSR count). The zero-order chi connectivity index (χ0) is 14.7. The molecule has 20 heavy (non-hydrogen) atoms. The highest BCUT2D eigenvalue weighted by atomic mass is 17.0. The molecule has 2 fully saturated rings. The van der Waals surface area contributed by atoms with Crippen LogP contribution in [-0.2, 0) is 23.8 Å². The maximum atomic E-state index is 11.3. The van der Waals surface area contributed by atoms with Crippen molar-refractivity contribution in [1.29, 1.82) is 0 Å². The summed E-state index contributed by atoms with van der Waals surface area (Å²) in [7, 11) is 0. The Bertz CT molecular complexity index is 414. The van der Waals surface area contributed by atoms with E-state index < -0.39 is 48.1 Å². The van der Waals surface area contributed by atoms with Crippen LogP contribution >= 0.6 is 0 Å². The van der Waals surface area contributed by atoms with Crippen molar-refractivity contribution < 1.29 is 38.8 Å². The molecule has 2 saturated heterocycles. The predicted molar refractivity (Wildman–Crippen MR) is 57.3 cm³/mol. The Morgan fingerprint density at radius 2 is 1.90 bits per heavy atom. The van der Waals surface area contributed by atoms with E-state index in [4.69, 9.17) is 19.3 Å². The average Bonchev–Trinajstić information content (AvgIpc) is 2.91. The van der Waals surface area contributed by atoms with Crippen LogP contribution in [0.5, 0.6) is 0 Å². The molecule has 112 valence electrons. The third kappa shape index (κ3) is 3.24. The van der Waals surface area contributed by atoms with Crippen molar-refractivity contribution in [3.8, 4) is 0 Å². The quantitative estimate of drug-likeness (QED) is 0.458. The molecule has 2 aliphatic rings. The van der Waals surface area contributed by atoms with Crippen LogP contribution in [0.15, 0.2) is 0 Å². The van der Waals surface area contributed by atoms with Gasteiger partial charge in [0.05, 0.1) is 13.2 Å². The highest BCUT2D eigenvalue weighted by molar-refractivity contribution is 5.76. The van der Waals surface area contributed by atoms with Gasteiger partial charge in [0.25, 0.3) is 5.09 Å². The van der Waals surface area contributed by atoms with E-state index in [-0.39, 0.29) is 13.2 Å². The Kier molecular flexibility index (Phi) is 4.20. The van der Waals surface area contributed by atoms with Gasteiger partial charge >= 0.3 is 12.1 Å². The molecule has 0 spiro atoms. The van der Waals surface area contributed by atoms with Crippen LogP contribution in [0.4, 0.5) is 4.79 Å². The molecule has 2 aliphatic heterocycles. The van der Waals surface area contributed by atoms with E-state index in [0.29, 0.717) is 0 Å². The summed E-state index contributed by atoms with van der Waals surface area (Å²) < 4.78 is 15.4. The van der Waals surface area contributed by atoms with Crippen molar-refractivity contribution in [2.24, 2.45) is 0 Å². The summed E-state index contributed by atoms with van der Waals surface area (Å²) in [6, 6.07) is 0. The van der Waals surface area contributed by atoms with E-state index >= 15 is 0 Å². The van der Waals surface area contributed by atoms with Crippen molar-refractivity contribution in [2.75, 3.05) is 19.8 Å². The van der Waals surface area contributed by atoms with Gasteiger partial charge in [0.2, 0.25) is 0 Å². The number of fused-ring (bicyclic) bond motifs is 1. The Labute approximate surface area is 111 Å². The Morgan fingerprint density at radius 3 is 2.50 bits per heavy atom. The van der Waals surface area contributed by atoms with E-state index in [2.05, 4.69) is 4.84 Å². The van der Waals surface area contributed by atoms with Gasteiger partial charge in [0.15, 0.2) is 12.2 Å². The first kappa shape index (κ1) is 14.3. The maximum absolute atomic E-state index is 11.3. The van der Waals surface area contributed by atoms with Gasteiger partial charge in [-0.25, -0.2) is 4.79 Å². The van der Waals surface area contributed by atoms with Crippen molar-refractivity contribution in [1.82, 2.24) is 5.32 Å². The van der Waals surface area contributed by atoms with E-state index in [9.17, 15) is 19.7 Å². The third-order valence-electron chi connectivity index (χ3n) is 2.83. The van der Waals surface area contributed by atoms with Crippen molar-refractivity contribution in [3.05, 3.63) is 10.1 Å². The molecule has 0 aromatic heterocycles. The smallest absolute Gasteiger partial charge is 0.408 e. The molecule has 2 N–H and O–H groups in total. The summed E-state index contributed by atoms with van der Waals surface area (Å²) in [6.07, 6.45) is -3.93. The fraction of sp³-hybridized carbons (Fsp3) is 0.778. The molecule has 0 radical (unpaired) electrons. The zero-order valence-corrected chi connectivity index (χ0v) is 10.1. The first-order valence-electron chi connectivity index (χ1n) is 5.68. The fourth-order valence-electron chi connectivity index (χ4n) is 2.06. The SMILES string of the molecule is O=C(O)CNC(=O)O[C@@H]1CO[C@H]2[C@@H]1OC[C@@H]2O[N+](=O)[O-]. The van der Waals surface area contributed by atoms with Crippen LogP contribution in [0.3, 0.4) is 0 Å². The molecule has 0 saturated carbocycles. The second kappa shape index (κ2) is 5.88. The van der Waals surface area contributed by atoms with Crippen molar-refractivity contribution >= 4 is 12.1 Å². The maximum Gasteiger partial charge on any atom is 0.408 e. The number of carbonyl (C=O) groups excluding carboxylic acids is 1. The first-order valence-corrected chi connectivity index (χ1v) is 5.68. The fourth-order valence-corrected chi connectivity index (χ4v) is 2.06. The summed E-state index contributed by atoms with van der Waals surface area (Å²) in [5.41, 5.74) is 0. The van der Waals surface area contributed by atoms with Gasteiger partial charge in [-0.3, -0.25) is 4.79 Å². The number of alkyl carbamates (subject to hydrolysis) is 1. The normalized spacial score (nSPS) is 31.4. The van der Waals surface area contributed by atoms with E-state index in [1.165, 1.54) is 0 Å². The first-order chi connectivity index (χ1) is 9.47. The van der Waals surface area contributed by atoms with Gasteiger partial charge in [0.1, 0.15) is 18.8 Å². The monoisotopic (exact) mass is 292 g/mol. The van der Waals surface area contributed by atoms with E-state index in [1.54, 1.807) is 0 Å². The lowest BCUT2D eigenvalue weighted by Gasteiger charge is -2.16. The van der Waals surface area contributed by atoms with Crippen LogP contribution < -0.4 is 5.32 Å². The largest absolute Gasteiger partial charge is 0.480 e. The number of aliphatic carboxylic acids is 1. The Balaban J connectivity index is 1.83. The average molecular weight is 292 g/mol. The molecule has 0 aromatic rings. The van der Waals surface area contributed by atoms with Gasteiger partial charge in [-0.2, -0.15) is 0 Å². The standard InChI is InChI=1S/C9H12N2O9/c12-6(13)1-10-9(14)19-4-2-17-8-5(20-11(15)16)3-18-7(4)8/h4-5,7-8H,1-3H2,(H,10,14)(H,12,13)/t4-,5+,7-,8-/m1/s1. The number of rotatable bonds is 5. The minimum Gasteiger partial charge on any atom is -0.480 e. The van der Waals surface area contributed by atoms with E-state index in [1.807, 2.05) is 5.32 Å². The van der Waals surface area contributed by atoms with Crippen LogP contribution in [0.2, 0.25) is 0 Å². The number of carboxylic acid groups (broad SMARTS) is 1. The molecule has 0 aliphatic carbocycles. The number of carbonyl (C=O) groups is 2. The predicted octanol–water partition coefficient (Wildman–Crippen LogP) is -1.46. The van der Waals surface area contributed by atoms with Gasteiger partial charge in [0, 0.05) is 0 Å². The Morgan fingerprint density at radius 1 is 1.30 bits per heavy atom. The third-order valence-corrected chi connectivity index (χ3v) is 2.83. The van der Waals surface area contributed by atoms with Crippen LogP contribution in [0.25, 0.3) is 0 Å².